The summed E-state index contributed by atoms with van der Waals surface area (Å²) in [4.78, 5) is 28.4. The summed E-state index contributed by atoms with van der Waals surface area (Å²) in [5.41, 5.74) is 2.06. The summed E-state index contributed by atoms with van der Waals surface area (Å²) < 4.78 is 0. The lowest BCUT2D eigenvalue weighted by Crippen LogP contribution is -2.39. The van der Waals surface area contributed by atoms with Crippen molar-refractivity contribution in [2.45, 2.75) is 18.9 Å². The predicted molar refractivity (Wildman–Crippen MR) is 90.7 cm³/mol. The summed E-state index contributed by atoms with van der Waals surface area (Å²) in [7, 11) is 3.39. The number of amides is 1. The third kappa shape index (κ3) is 3.51. The molecule has 1 unspecified atom stereocenters. The zero-order valence-electron chi connectivity index (χ0n) is 13.9. The first-order valence-corrected chi connectivity index (χ1v) is 7.98. The summed E-state index contributed by atoms with van der Waals surface area (Å²) in [6, 6.07) is 3.57. The van der Waals surface area contributed by atoms with E-state index >= 15 is 0 Å². The second kappa shape index (κ2) is 6.92. The zero-order valence-corrected chi connectivity index (χ0v) is 13.9. The molecule has 3 rings (SSSR count). The van der Waals surface area contributed by atoms with Gasteiger partial charge in [0.25, 0.3) is 5.91 Å². The first kappa shape index (κ1) is 16.3. The van der Waals surface area contributed by atoms with E-state index in [1.807, 2.05) is 11.0 Å². The molecule has 1 fully saturated rings. The van der Waals surface area contributed by atoms with Crippen LogP contribution in [0.2, 0.25) is 0 Å². The molecule has 0 saturated carbocycles. The van der Waals surface area contributed by atoms with Crippen LogP contribution in [0.1, 0.15) is 23.3 Å². The van der Waals surface area contributed by atoms with Gasteiger partial charge in [-0.25, -0.2) is 9.97 Å². The van der Waals surface area contributed by atoms with Crippen molar-refractivity contribution in [2.75, 3.05) is 32.1 Å². The lowest BCUT2D eigenvalue weighted by atomic mass is 10.1. The zero-order chi connectivity index (χ0) is 17.1. The molecule has 1 N–H and O–H groups in total. The van der Waals surface area contributed by atoms with Gasteiger partial charge in [-0.3, -0.25) is 9.78 Å². The van der Waals surface area contributed by atoms with Crippen LogP contribution in [0.4, 0.5) is 5.95 Å². The standard InChI is InChI=1S/C17H21N5O2/c1-21(2)16(24)15-8-12(5-6-18-15)13-9-19-17(20-10-13)22-7-3-4-14(23)11-22/h5-6,8-10,14,23H,3-4,7,11H2,1-2H3. The summed E-state index contributed by atoms with van der Waals surface area (Å²) >= 11 is 0. The van der Waals surface area contributed by atoms with Gasteiger partial charge in [-0.1, -0.05) is 0 Å². The van der Waals surface area contributed by atoms with Crippen molar-refractivity contribution in [2.24, 2.45) is 0 Å². The Labute approximate surface area is 141 Å². The number of β-amino-alcohol motifs (C(OH)–C–C–N with tert-alkyl or cyclic N) is 1. The monoisotopic (exact) mass is 327 g/mol. The highest BCUT2D eigenvalue weighted by molar-refractivity contribution is 5.93. The molecular weight excluding hydrogens is 306 g/mol. The van der Waals surface area contributed by atoms with Crippen molar-refractivity contribution in [1.29, 1.82) is 0 Å². The van der Waals surface area contributed by atoms with Gasteiger partial charge in [0.15, 0.2) is 0 Å². The molecule has 1 aliphatic rings. The van der Waals surface area contributed by atoms with E-state index < -0.39 is 0 Å². The summed E-state index contributed by atoms with van der Waals surface area (Å²) in [5, 5.41) is 9.76. The molecule has 0 aliphatic carbocycles. The fourth-order valence-corrected chi connectivity index (χ4v) is 2.73. The number of nitrogens with zero attached hydrogens (tertiary/aromatic N) is 5. The fourth-order valence-electron chi connectivity index (χ4n) is 2.73. The number of aliphatic hydroxyl groups excluding tert-OH is 1. The minimum absolute atomic E-state index is 0.142. The van der Waals surface area contributed by atoms with Crippen LogP contribution in [0.25, 0.3) is 11.1 Å². The maximum atomic E-state index is 12.0. The second-order valence-corrected chi connectivity index (χ2v) is 6.14. The number of aliphatic hydroxyl groups is 1. The van der Waals surface area contributed by atoms with Crippen LogP contribution in [0, 0.1) is 0 Å². The largest absolute Gasteiger partial charge is 0.391 e. The number of rotatable bonds is 3. The van der Waals surface area contributed by atoms with Crippen LogP contribution in [0.15, 0.2) is 30.7 Å². The summed E-state index contributed by atoms with van der Waals surface area (Å²) in [5.74, 6) is 0.479. The quantitative estimate of drug-likeness (QED) is 0.912. The van der Waals surface area contributed by atoms with E-state index in [0.29, 0.717) is 18.2 Å². The number of anilines is 1. The number of piperidine rings is 1. The smallest absolute Gasteiger partial charge is 0.271 e. The Bertz CT molecular complexity index is 717. The number of hydrogen-bond acceptors (Lipinski definition) is 6. The van der Waals surface area contributed by atoms with Crippen LogP contribution in [0.5, 0.6) is 0 Å². The Morgan fingerprint density at radius 3 is 2.67 bits per heavy atom. The van der Waals surface area contributed by atoms with Gasteiger partial charge in [-0.2, -0.15) is 0 Å². The Morgan fingerprint density at radius 1 is 1.25 bits per heavy atom. The van der Waals surface area contributed by atoms with E-state index in [1.165, 1.54) is 4.90 Å². The van der Waals surface area contributed by atoms with Crippen LogP contribution >= 0.6 is 0 Å². The normalized spacial score (nSPS) is 17.6. The SMILES string of the molecule is CN(C)C(=O)c1cc(-c2cnc(N3CCCC(O)C3)nc2)ccn1. The van der Waals surface area contributed by atoms with Crippen LogP contribution in [0.3, 0.4) is 0 Å². The highest BCUT2D eigenvalue weighted by Crippen LogP contribution is 2.21. The third-order valence-corrected chi connectivity index (χ3v) is 4.04. The fraction of sp³-hybridized carbons (Fsp3) is 0.412. The maximum Gasteiger partial charge on any atom is 0.271 e. The predicted octanol–water partition coefficient (Wildman–Crippen LogP) is 1.20. The van der Waals surface area contributed by atoms with Gasteiger partial charge in [0.1, 0.15) is 5.69 Å². The van der Waals surface area contributed by atoms with Crippen molar-refractivity contribution >= 4 is 11.9 Å². The molecule has 0 spiro atoms. The van der Waals surface area contributed by atoms with E-state index in [4.69, 9.17) is 0 Å². The van der Waals surface area contributed by atoms with Crippen molar-refractivity contribution in [3.8, 4) is 11.1 Å². The average Bonchev–Trinajstić information content (AvgIpc) is 2.61. The minimum atomic E-state index is -0.318. The molecule has 1 saturated heterocycles. The Hall–Kier alpha value is -2.54. The summed E-state index contributed by atoms with van der Waals surface area (Å²) in [6.45, 7) is 1.42. The van der Waals surface area contributed by atoms with E-state index in [2.05, 4.69) is 15.0 Å². The number of carbonyl (C=O) groups is 1. The van der Waals surface area contributed by atoms with E-state index in [1.54, 1.807) is 38.8 Å². The van der Waals surface area contributed by atoms with Gasteiger partial charge >= 0.3 is 0 Å². The van der Waals surface area contributed by atoms with E-state index in [-0.39, 0.29) is 12.0 Å². The number of carbonyl (C=O) groups excluding carboxylic acids is 1. The van der Waals surface area contributed by atoms with Crippen LogP contribution in [-0.2, 0) is 0 Å². The topological polar surface area (TPSA) is 82.5 Å². The van der Waals surface area contributed by atoms with Crippen molar-refractivity contribution < 1.29 is 9.90 Å². The van der Waals surface area contributed by atoms with Gasteiger partial charge in [0.2, 0.25) is 5.95 Å². The first-order valence-electron chi connectivity index (χ1n) is 7.98. The highest BCUT2D eigenvalue weighted by atomic mass is 16.3. The number of pyridine rings is 1. The van der Waals surface area contributed by atoms with Gasteiger partial charge in [0.05, 0.1) is 6.10 Å². The van der Waals surface area contributed by atoms with Gasteiger partial charge in [-0.15, -0.1) is 0 Å². The molecule has 3 heterocycles. The molecule has 1 aliphatic heterocycles. The Morgan fingerprint density at radius 2 is 2.00 bits per heavy atom. The Kier molecular flexibility index (Phi) is 4.71. The van der Waals surface area contributed by atoms with Gasteiger partial charge in [-0.05, 0) is 30.5 Å². The second-order valence-electron chi connectivity index (χ2n) is 6.14. The first-order chi connectivity index (χ1) is 11.5. The number of hydrogen-bond donors (Lipinski definition) is 1. The van der Waals surface area contributed by atoms with Crippen LogP contribution < -0.4 is 4.90 Å². The molecule has 2 aromatic heterocycles. The molecule has 0 bridgehead atoms. The highest BCUT2D eigenvalue weighted by Gasteiger charge is 2.19. The molecule has 1 atom stereocenters. The van der Waals surface area contributed by atoms with Crippen molar-refractivity contribution in [1.82, 2.24) is 19.9 Å². The molecule has 2 aromatic rings. The maximum absolute atomic E-state index is 12.0. The molecule has 0 radical (unpaired) electrons. The lowest BCUT2D eigenvalue weighted by Gasteiger charge is -2.29. The van der Waals surface area contributed by atoms with Crippen LogP contribution in [-0.4, -0.2) is 64.2 Å². The van der Waals surface area contributed by atoms with Crippen molar-refractivity contribution in [3.05, 3.63) is 36.4 Å². The molecule has 126 valence electrons. The van der Waals surface area contributed by atoms with Gasteiger partial charge in [0, 0.05) is 51.3 Å². The molecular formula is C17H21N5O2. The van der Waals surface area contributed by atoms with E-state index in [9.17, 15) is 9.90 Å². The molecule has 0 aromatic carbocycles. The van der Waals surface area contributed by atoms with Gasteiger partial charge < -0.3 is 14.9 Å². The minimum Gasteiger partial charge on any atom is -0.391 e. The van der Waals surface area contributed by atoms with Crippen molar-refractivity contribution in [3.63, 3.8) is 0 Å². The Balaban J connectivity index is 1.81. The molecule has 1 amide bonds. The summed E-state index contributed by atoms with van der Waals surface area (Å²) in [6.07, 6.45) is 6.54. The lowest BCUT2D eigenvalue weighted by molar-refractivity contribution is 0.0822. The molecule has 24 heavy (non-hydrogen) atoms. The average molecular weight is 327 g/mol. The molecule has 7 nitrogen and oxygen atoms in total. The van der Waals surface area contributed by atoms with E-state index in [0.717, 1.165) is 30.5 Å². The third-order valence-electron chi connectivity index (χ3n) is 4.04. The number of aromatic nitrogens is 3. The molecule has 7 heteroatoms.